The topological polar surface area (TPSA) is 50.4 Å². The molecule has 1 amide bonds. The van der Waals surface area contributed by atoms with Crippen LogP contribution in [0.1, 0.15) is 32.1 Å². The van der Waals surface area contributed by atoms with Crippen LogP contribution in [-0.2, 0) is 9.53 Å². The number of ether oxygens (including phenoxy) is 1. The zero-order chi connectivity index (χ0) is 11.4. The molecule has 1 atom stereocenters. The average molecular weight is 226 g/mol. The van der Waals surface area contributed by atoms with E-state index in [9.17, 15) is 4.79 Å². The lowest BCUT2D eigenvalue weighted by atomic mass is 9.91. The van der Waals surface area contributed by atoms with Gasteiger partial charge in [0.05, 0.1) is 12.5 Å². The maximum absolute atomic E-state index is 11.9. The van der Waals surface area contributed by atoms with Gasteiger partial charge in [0, 0.05) is 18.7 Å². The first-order valence-corrected chi connectivity index (χ1v) is 6.35. The third-order valence-electron chi connectivity index (χ3n) is 3.78. The van der Waals surface area contributed by atoms with Crippen LogP contribution < -0.4 is 10.6 Å². The molecule has 4 heteroatoms. The second-order valence-electron chi connectivity index (χ2n) is 4.91. The Bertz CT molecular complexity index is 231. The summed E-state index contributed by atoms with van der Waals surface area (Å²) in [5.41, 5.74) is 0. The standard InChI is InChI=1S/C12H22N2O2/c1-13-10-2-4-11(5-3-10)14-12(15)9-6-7-16-8-9/h9-11,13H,2-8H2,1H3,(H,14,15). The lowest BCUT2D eigenvalue weighted by Gasteiger charge is -2.29. The summed E-state index contributed by atoms with van der Waals surface area (Å²) in [5.74, 6) is 0.299. The molecule has 0 bridgehead atoms. The molecule has 2 N–H and O–H groups in total. The third-order valence-corrected chi connectivity index (χ3v) is 3.78. The first-order valence-electron chi connectivity index (χ1n) is 6.35. The average Bonchev–Trinajstić information content (AvgIpc) is 2.83. The van der Waals surface area contributed by atoms with E-state index in [-0.39, 0.29) is 11.8 Å². The van der Waals surface area contributed by atoms with E-state index in [2.05, 4.69) is 10.6 Å². The number of carbonyl (C=O) groups excluding carboxylic acids is 1. The van der Waals surface area contributed by atoms with Crippen molar-refractivity contribution in [2.24, 2.45) is 5.92 Å². The van der Waals surface area contributed by atoms with Crippen LogP contribution in [-0.4, -0.2) is 38.3 Å². The predicted octanol–water partition coefficient (Wildman–Crippen LogP) is 0.670. The fourth-order valence-electron chi connectivity index (χ4n) is 2.59. The molecule has 1 unspecified atom stereocenters. The largest absolute Gasteiger partial charge is 0.381 e. The van der Waals surface area contributed by atoms with E-state index in [4.69, 9.17) is 4.74 Å². The Balaban J connectivity index is 1.71. The number of amides is 1. The fraction of sp³-hybridized carbons (Fsp3) is 0.917. The van der Waals surface area contributed by atoms with E-state index in [1.165, 1.54) is 12.8 Å². The maximum Gasteiger partial charge on any atom is 0.225 e. The van der Waals surface area contributed by atoms with Crippen LogP contribution in [0.5, 0.6) is 0 Å². The highest BCUT2D eigenvalue weighted by Crippen LogP contribution is 2.20. The molecule has 1 saturated carbocycles. The van der Waals surface area contributed by atoms with Gasteiger partial charge in [0.15, 0.2) is 0 Å². The van der Waals surface area contributed by atoms with E-state index in [1.807, 2.05) is 7.05 Å². The van der Waals surface area contributed by atoms with Crippen LogP contribution in [0.2, 0.25) is 0 Å². The molecule has 2 aliphatic rings. The molecule has 0 aromatic heterocycles. The molecule has 16 heavy (non-hydrogen) atoms. The van der Waals surface area contributed by atoms with Crippen LogP contribution in [0.15, 0.2) is 0 Å². The molecule has 2 rings (SSSR count). The highest BCUT2D eigenvalue weighted by Gasteiger charge is 2.27. The van der Waals surface area contributed by atoms with Gasteiger partial charge < -0.3 is 15.4 Å². The van der Waals surface area contributed by atoms with Gasteiger partial charge in [-0.1, -0.05) is 0 Å². The SMILES string of the molecule is CNC1CCC(NC(=O)C2CCOC2)CC1. The zero-order valence-electron chi connectivity index (χ0n) is 10.00. The second kappa shape index (κ2) is 5.64. The first kappa shape index (κ1) is 11.9. The minimum atomic E-state index is 0.0991. The van der Waals surface area contributed by atoms with Crippen molar-refractivity contribution in [1.82, 2.24) is 10.6 Å². The summed E-state index contributed by atoms with van der Waals surface area (Å²) >= 11 is 0. The number of carbonyl (C=O) groups is 1. The minimum absolute atomic E-state index is 0.0991. The molecule has 92 valence electrons. The summed E-state index contributed by atoms with van der Waals surface area (Å²) < 4.78 is 5.23. The Morgan fingerprint density at radius 2 is 1.81 bits per heavy atom. The number of rotatable bonds is 3. The van der Waals surface area contributed by atoms with Gasteiger partial charge in [-0.3, -0.25) is 4.79 Å². The predicted molar refractivity (Wildman–Crippen MR) is 62.2 cm³/mol. The smallest absolute Gasteiger partial charge is 0.225 e. The lowest BCUT2D eigenvalue weighted by molar-refractivity contribution is -0.125. The Morgan fingerprint density at radius 1 is 1.12 bits per heavy atom. The normalized spacial score (nSPS) is 34.9. The van der Waals surface area contributed by atoms with E-state index in [1.54, 1.807) is 0 Å². The summed E-state index contributed by atoms with van der Waals surface area (Å²) in [4.78, 5) is 11.9. The van der Waals surface area contributed by atoms with Crippen molar-refractivity contribution < 1.29 is 9.53 Å². The van der Waals surface area contributed by atoms with Crippen LogP contribution in [0.3, 0.4) is 0 Å². The van der Waals surface area contributed by atoms with Crippen LogP contribution >= 0.6 is 0 Å². The van der Waals surface area contributed by atoms with Gasteiger partial charge in [-0.05, 0) is 39.2 Å². The van der Waals surface area contributed by atoms with Crippen molar-refractivity contribution in [3.8, 4) is 0 Å². The Hall–Kier alpha value is -0.610. The van der Waals surface area contributed by atoms with Crippen molar-refractivity contribution in [3.05, 3.63) is 0 Å². The Kier molecular flexibility index (Phi) is 4.18. The molecule has 0 aromatic rings. The zero-order valence-corrected chi connectivity index (χ0v) is 10.00. The minimum Gasteiger partial charge on any atom is -0.381 e. The summed E-state index contributed by atoms with van der Waals surface area (Å²) in [7, 11) is 2.01. The molecule has 0 radical (unpaired) electrons. The third kappa shape index (κ3) is 2.95. The molecule has 1 heterocycles. The van der Waals surface area contributed by atoms with E-state index < -0.39 is 0 Å². The maximum atomic E-state index is 11.9. The fourth-order valence-corrected chi connectivity index (χ4v) is 2.59. The Labute approximate surface area is 97.1 Å². The highest BCUT2D eigenvalue weighted by atomic mass is 16.5. The van der Waals surface area contributed by atoms with Crippen molar-refractivity contribution >= 4 is 5.91 Å². The van der Waals surface area contributed by atoms with Crippen molar-refractivity contribution in [3.63, 3.8) is 0 Å². The second-order valence-corrected chi connectivity index (χ2v) is 4.91. The van der Waals surface area contributed by atoms with Gasteiger partial charge in [0.2, 0.25) is 5.91 Å². The summed E-state index contributed by atoms with van der Waals surface area (Å²) in [6.07, 6.45) is 5.43. The summed E-state index contributed by atoms with van der Waals surface area (Å²) in [6.45, 7) is 1.35. The van der Waals surface area contributed by atoms with Crippen LogP contribution in [0, 0.1) is 5.92 Å². The molecule has 0 aromatic carbocycles. The number of hydrogen-bond donors (Lipinski definition) is 2. The monoisotopic (exact) mass is 226 g/mol. The van der Waals surface area contributed by atoms with E-state index in [0.29, 0.717) is 18.7 Å². The molecule has 2 fully saturated rings. The van der Waals surface area contributed by atoms with Crippen molar-refractivity contribution in [2.45, 2.75) is 44.2 Å². The van der Waals surface area contributed by atoms with Gasteiger partial charge >= 0.3 is 0 Å². The highest BCUT2D eigenvalue weighted by molar-refractivity contribution is 5.79. The van der Waals surface area contributed by atoms with Crippen molar-refractivity contribution in [2.75, 3.05) is 20.3 Å². The summed E-state index contributed by atoms with van der Waals surface area (Å²) in [5, 5.41) is 6.46. The van der Waals surface area contributed by atoms with Crippen LogP contribution in [0.4, 0.5) is 0 Å². The quantitative estimate of drug-likeness (QED) is 0.743. The molecular weight excluding hydrogens is 204 g/mol. The van der Waals surface area contributed by atoms with E-state index in [0.717, 1.165) is 25.9 Å². The van der Waals surface area contributed by atoms with Gasteiger partial charge in [-0.2, -0.15) is 0 Å². The van der Waals surface area contributed by atoms with Gasteiger partial charge in [-0.25, -0.2) is 0 Å². The molecule has 4 nitrogen and oxygen atoms in total. The number of hydrogen-bond acceptors (Lipinski definition) is 3. The molecule has 0 spiro atoms. The van der Waals surface area contributed by atoms with Gasteiger partial charge in [0.1, 0.15) is 0 Å². The summed E-state index contributed by atoms with van der Waals surface area (Å²) in [6, 6.07) is 1.03. The first-order chi connectivity index (χ1) is 7.79. The molecule has 1 saturated heterocycles. The molecule has 1 aliphatic heterocycles. The molecule has 1 aliphatic carbocycles. The van der Waals surface area contributed by atoms with Gasteiger partial charge in [-0.15, -0.1) is 0 Å². The van der Waals surface area contributed by atoms with Gasteiger partial charge in [0.25, 0.3) is 0 Å². The Morgan fingerprint density at radius 3 is 2.38 bits per heavy atom. The van der Waals surface area contributed by atoms with Crippen LogP contribution in [0.25, 0.3) is 0 Å². The number of nitrogens with one attached hydrogen (secondary N) is 2. The van der Waals surface area contributed by atoms with Crippen molar-refractivity contribution in [1.29, 1.82) is 0 Å². The van der Waals surface area contributed by atoms with E-state index >= 15 is 0 Å². The molecular formula is C12H22N2O2. The lowest BCUT2D eigenvalue weighted by Crippen LogP contribution is -2.43.